The summed E-state index contributed by atoms with van der Waals surface area (Å²) in [6.45, 7) is 3.17. The highest BCUT2D eigenvalue weighted by atomic mass is 16.2. The van der Waals surface area contributed by atoms with E-state index in [0.717, 1.165) is 12.1 Å². The van der Waals surface area contributed by atoms with Gasteiger partial charge in [0.05, 0.1) is 6.04 Å². The third-order valence-electron chi connectivity index (χ3n) is 3.25. The average Bonchev–Trinajstić information content (AvgIpc) is 2.54. The van der Waals surface area contributed by atoms with Gasteiger partial charge in [0.2, 0.25) is 5.91 Å². The standard InChI is InChI=1S/C17H21N3O/c1-14(20-13-15-7-3-2-4-8-15)17(21)19-12-10-16-9-5-6-11-18-16/h2-9,11,14,20H,10,12-13H2,1H3,(H,19,21). The molecule has 0 aliphatic rings. The van der Waals surface area contributed by atoms with Gasteiger partial charge in [-0.1, -0.05) is 36.4 Å². The van der Waals surface area contributed by atoms with Crippen molar-refractivity contribution in [2.45, 2.75) is 25.9 Å². The molecular formula is C17H21N3O. The third kappa shape index (κ3) is 5.36. The van der Waals surface area contributed by atoms with Crippen molar-refractivity contribution in [3.63, 3.8) is 0 Å². The van der Waals surface area contributed by atoms with Crippen LogP contribution < -0.4 is 10.6 Å². The molecule has 0 spiro atoms. The second-order valence-electron chi connectivity index (χ2n) is 4.95. The summed E-state index contributed by atoms with van der Waals surface area (Å²) in [6.07, 6.45) is 2.51. The first kappa shape index (κ1) is 15.2. The Morgan fingerprint density at radius 3 is 2.62 bits per heavy atom. The molecular weight excluding hydrogens is 262 g/mol. The Hall–Kier alpha value is -2.20. The highest BCUT2D eigenvalue weighted by Crippen LogP contribution is 1.98. The molecule has 0 radical (unpaired) electrons. The van der Waals surface area contributed by atoms with Crippen LogP contribution in [0.5, 0.6) is 0 Å². The lowest BCUT2D eigenvalue weighted by Crippen LogP contribution is -2.42. The molecule has 2 rings (SSSR count). The van der Waals surface area contributed by atoms with Crippen LogP contribution in [0.2, 0.25) is 0 Å². The molecule has 2 N–H and O–H groups in total. The number of pyridine rings is 1. The van der Waals surface area contributed by atoms with Crippen LogP contribution in [0.3, 0.4) is 0 Å². The van der Waals surface area contributed by atoms with Gasteiger partial charge in [-0.25, -0.2) is 0 Å². The first-order valence-electron chi connectivity index (χ1n) is 7.20. The van der Waals surface area contributed by atoms with E-state index in [2.05, 4.69) is 15.6 Å². The monoisotopic (exact) mass is 283 g/mol. The van der Waals surface area contributed by atoms with Gasteiger partial charge in [0.25, 0.3) is 0 Å². The number of rotatable bonds is 7. The summed E-state index contributed by atoms with van der Waals surface area (Å²) >= 11 is 0. The summed E-state index contributed by atoms with van der Waals surface area (Å²) in [6, 6.07) is 15.6. The minimum Gasteiger partial charge on any atom is -0.354 e. The molecule has 0 saturated carbocycles. The molecule has 1 atom stereocenters. The Balaban J connectivity index is 1.68. The second-order valence-corrected chi connectivity index (χ2v) is 4.95. The van der Waals surface area contributed by atoms with Crippen molar-refractivity contribution in [1.82, 2.24) is 15.6 Å². The number of nitrogens with one attached hydrogen (secondary N) is 2. The lowest BCUT2D eigenvalue weighted by atomic mass is 10.2. The molecule has 4 heteroatoms. The number of carbonyl (C=O) groups is 1. The van der Waals surface area contributed by atoms with E-state index in [9.17, 15) is 4.79 Å². The van der Waals surface area contributed by atoms with E-state index in [4.69, 9.17) is 0 Å². The maximum Gasteiger partial charge on any atom is 0.236 e. The molecule has 1 aromatic heterocycles. The second kappa shape index (κ2) is 8.17. The first-order valence-corrected chi connectivity index (χ1v) is 7.20. The Morgan fingerprint density at radius 2 is 1.90 bits per heavy atom. The smallest absolute Gasteiger partial charge is 0.236 e. The number of nitrogens with zero attached hydrogens (tertiary/aromatic N) is 1. The topological polar surface area (TPSA) is 54.0 Å². The molecule has 1 heterocycles. The van der Waals surface area contributed by atoms with Crippen LogP contribution in [0.15, 0.2) is 54.7 Å². The highest BCUT2D eigenvalue weighted by molar-refractivity contribution is 5.81. The minimum atomic E-state index is -0.214. The molecule has 21 heavy (non-hydrogen) atoms. The normalized spacial score (nSPS) is 11.9. The molecule has 1 amide bonds. The lowest BCUT2D eigenvalue weighted by Gasteiger charge is -2.14. The van der Waals surface area contributed by atoms with E-state index in [1.54, 1.807) is 6.20 Å². The van der Waals surface area contributed by atoms with Crippen molar-refractivity contribution in [2.24, 2.45) is 0 Å². The maximum absolute atomic E-state index is 12.0. The number of carbonyl (C=O) groups excluding carboxylic acids is 1. The largest absolute Gasteiger partial charge is 0.354 e. The molecule has 0 saturated heterocycles. The van der Waals surface area contributed by atoms with Crippen LogP contribution in [0, 0.1) is 0 Å². The van der Waals surface area contributed by atoms with Crippen LogP contribution in [-0.4, -0.2) is 23.5 Å². The van der Waals surface area contributed by atoms with Crippen molar-refractivity contribution >= 4 is 5.91 Å². The number of amides is 1. The van der Waals surface area contributed by atoms with Crippen molar-refractivity contribution in [3.05, 3.63) is 66.0 Å². The van der Waals surface area contributed by atoms with E-state index in [1.165, 1.54) is 5.56 Å². The summed E-state index contributed by atoms with van der Waals surface area (Å²) in [5.41, 5.74) is 2.16. The molecule has 110 valence electrons. The zero-order valence-electron chi connectivity index (χ0n) is 12.3. The van der Waals surface area contributed by atoms with E-state index in [-0.39, 0.29) is 11.9 Å². The van der Waals surface area contributed by atoms with Gasteiger partial charge in [0.15, 0.2) is 0 Å². The van der Waals surface area contributed by atoms with Gasteiger partial charge in [-0.3, -0.25) is 9.78 Å². The van der Waals surface area contributed by atoms with E-state index in [1.807, 2.05) is 55.5 Å². The van der Waals surface area contributed by atoms with Gasteiger partial charge in [0.1, 0.15) is 0 Å². The molecule has 0 aliphatic heterocycles. The van der Waals surface area contributed by atoms with Gasteiger partial charge in [-0.15, -0.1) is 0 Å². The Morgan fingerprint density at radius 1 is 1.14 bits per heavy atom. The molecule has 1 aromatic carbocycles. The zero-order valence-corrected chi connectivity index (χ0v) is 12.3. The van der Waals surface area contributed by atoms with Crippen LogP contribution in [0.4, 0.5) is 0 Å². The average molecular weight is 283 g/mol. The molecule has 0 bridgehead atoms. The van der Waals surface area contributed by atoms with Crippen molar-refractivity contribution in [3.8, 4) is 0 Å². The fourth-order valence-electron chi connectivity index (χ4n) is 1.97. The number of aromatic nitrogens is 1. The van der Waals surface area contributed by atoms with E-state index < -0.39 is 0 Å². The number of hydrogen-bond acceptors (Lipinski definition) is 3. The SMILES string of the molecule is CC(NCc1ccccc1)C(=O)NCCc1ccccn1. The van der Waals surface area contributed by atoms with Gasteiger partial charge in [0, 0.05) is 31.4 Å². The third-order valence-corrected chi connectivity index (χ3v) is 3.25. The Bertz CT molecular complexity index is 542. The summed E-state index contributed by atoms with van der Waals surface area (Å²) in [7, 11) is 0. The predicted molar refractivity (Wildman–Crippen MR) is 83.7 cm³/mol. The fourth-order valence-corrected chi connectivity index (χ4v) is 1.97. The molecule has 0 aliphatic carbocycles. The number of hydrogen-bond donors (Lipinski definition) is 2. The summed E-state index contributed by atoms with van der Waals surface area (Å²) in [5.74, 6) is 0.0156. The van der Waals surface area contributed by atoms with Gasteiger partial charge < -0.3 is 10.6 Å². The molecule has 1 unspecified atom stereocenters. The first-order chi connectivity index (χ1) is 10.3. The highest BCUT2D eigenvalue weighted by Gasteiger charge is 2.11. The predicted octanol–water partition coefficient (Wildman–Crippen LogP) is 1.92. The van der Waals surface area contributed by atoms with Gasteiger partial charge >= 0.3 is 0 Å². The number of benzene rings is 1. The van der Waals surface area contributed by atoms with Crippen LogP contribution >= 0.6 is 0 Å². The lowest BCUT2D eigenvalue weighted by molar-refractivity contribution is -0.122. The van der Waals surface area contributed by atoms with Crippen LogP contribution in [0.25, 0.3) is 0 Å². The van der Waals surface area contributed by atoms with Crippen molar-refractivity contribution in [2.75, 3.05) is 6.54 Å². The van der Waals surface area contributed by atoms with Gasteiger partial charge in [-0.2, -0.15) is 0 Å². The van der Waals surface area contributed by atoms with Crippen LogP contribution in [0.1, 0.15) is 18.2 Å². The minimum absolute atomic E-state index is 0.0156. The quantitative estimate of drug-likeness (QED) is 0.816. The molecule has 4 nitrogen and oxygen atoms in total. The Kier molecular flexibility index (Phi) is 5.91. The zero-order chi connectivity index (χ0) is 14.9. The summed E-state index contributed by atoms with van der Waals surface area (Å²) < 4.78 is 0. The molecule has 0 fully saturated rings. The Labute approximate surface area is 125 Å². The van der Waals surface area contributed by atoms with Gasteiger partial charge in [-0.05, 0) is 24.6 Å². The fraction of sp³-hybridized carbons (Fsp3) is 0.294. The van der Waals surface area contributed by atoms with E-state index in [0.29, 0.717) is 13.1 Å². The van der Waals surface area contributed by atoms with E-state index >= 15 is 0 Å². The maximum atomic E-state index is 12.0. The summed E-state index contributed by atoms with van der Waals surface area (Å²) in [4.78, 5) is 16.2. The summed E-state index contributed by atoms with van der Waals surface area (Å²) in [5, 5.41) is 6.15. The molecule has 2 aromatic rings. The van der Waals surface area contributed by atoms with Crippen molar-refractivity contribution in [1.29, 1.82) is 0 Å². The van der Waals surface area contributed by atoms with Crippen molar-refractivity contribution < 1.29 is 4.79 Å². The van der Waals surface area contributed by atoms with Crippen LogP contribution in [-0.2, 0) is 17.8 Å².